The van der Waals surface area contributed by atoms with Gasteiger partial charge in [-0.1, -0.05) is 49.7 Å². The van der Waals surface area contributed by atoms with Crippen LogP contribution in [0.3, 0.4) is 0 Å². The van der Waals surface area contributed by atoms with E-state index in [9.17, 15) is 4.79 Å². The van der Waals surface area contributed by atoms with E-state index in [2.05, 4.69) is 12.2 Å². The number of nitrogens with two attached hydrogens (primary N) is 1. The van der Waals surface area contributed by atoms with E-state index in [-0.39, 0.29) is 5.91 Å². The van der Waals surface area contributed by atoms with Crippen LogP contribution in [0.25, 0.3) is 10.9 Å². The molecule has 0 radical (unpaired) electrons. The fourth-order valence-electron chi connectivity index (χ4n) is 3.19. The summed E-state index contributed by atoms with van der Waals surface area (Å²) < 4.78 is 6.83. The average molecular weight is 337 g/mol. The lowest BCUT2D eigenvalue weighted by Gasteiger charge is -2.11. The number of carbonyl (C=O) groups is 1. The lowest BCUT2D eigenvalue weighted by Crippen LogP contribution is -2.29. The topological polar surface area (TPSA) is 69.3 Å². The third kappa shape index (κ3) is 3.18. The van der Waals surface area contributed by atoms with Gasteiger partial charge < -0.3 is 15.9 Å². The normalized spacial score (nSPS) is 10.8. The lowest BCUT2D eigenvalue weighted by atomic mass is 10.1. The second-order valence-corrected chi connectivity index (χ2v) is 5.96. The summed E-state index contributed by atoms with van der Waals surface area (Å²) in [5.74, 6) is 6.81. The van der Waals surface area contributed by atoms with Gasteiger partial charge in [-0.15, -0.1) is 0 Å². The van der Waals surface area contributed by atoms with E-state index in [4.69, 9.17) is 10.6 Å². The summed E-state index contributed by atoms with van der Waals surface area (Å²) in [6.07, 6.45) is 1.75. The largest absolute Gasteiger partial charge is 0.496 e. The Morgan fingerprint density at radius 2 is 1.88 bits per heavy atom. The molecule has 25 heavy (non-hydrogen) atoms. The fraction of sp³-hybridized carbons (Fsp3) is 0.250. The predicted octanol–water partition coefficient (Wildman–Crippen LogP) is 3.25. The molecule has 1 amide bonds. The van der Waals surface area contributed by atoms with Gasteiger partial charge in [0.25, 0.3) is 5.91 Å². The number of aromatic nitrogens is 1. The Bertz CT molecular complexity index is 899. The van der Waals surface area contributed by atoms with Crippen LogP contribution in [0.4, 0.5) is 0 Å². The second-order valence-electron chi connectivity index (χ2n) is 5.96. The van der Waals surface area contributed by atoms with Gasteiger partial charge in [-0.2, -0.15) is 0 Å². The van der Waals surface area contributed by atoms with Crippen LogP contribution in [-0.2, 0) is 13.0 Å². The van der Waals surface area contributed by atoms with Gasteiger partial charge >= 0.3 is 0 Å². The molecule has 5 nitrogen and oxygen atoms in total. The molecule has 0 aliphatic carbocycles. The van der Waals surface area contributed by atoms with E-state index < -0.39 is 0 Å². The first kappa shape index (κ1) is 16.9. The quantitative estimate of drug-likeness (QED) is 0.679. The maximum atomic E-state index is 12.9. The molecule has 0 spiro atoms. The maximum Gasteiger partial charge on any atom is 0.270 e. The number of para-hydroxylation sites is 2. The van der Waals surface area contributed by atoms with Crippen LogP contribution in [0.1, 0.15) is 35.0 Å². The van der Waals surface area contributed by atoms with Crippen molar-refractivity contribution in [2.24, 2.45) is 0 Å². The average Bonchev–Trinajstić information content (AvgIpc) is 2.93. The molecule has 3 rings (SSSR count). The van der Waals surface area contributed by atoms with E-state index in [0.29, 0.717) is 12.2 Å². The van der Waals surface area contributed by atoms with Gasteiger partial charge in [-0.25, -0.2) is 0 Å². The molecule has 5 heteroatoms. The summed E-state index contributed by atoms with van der Waals surface area (Å²) in [6.45, 7) is 2.48. The molecule has 0 aliphatic rings. The number of nitrogen functional groups attached to an aromatic ring is 1. The van der Waals surface area contributed by atoms with Crippen LogP contribution in [-0.4, -0.2) is 17.7 Å². The number of benzene rings is 2. The van der Waals surface area contributed by atoms with Gasteiger partial charge in [-0.05, 0) is 24.1 Å². The molecule has 0 bridgehead atoms. The Balaban J connectivity index is 1.91. The molecule has 0 unspecified atom stereocenters. The molecule has 1 aromatic heterocycles. The number of nitrogens with one attached hydrogen (secondary N) is 1. The summed E-state index contributed by atoms with van der Waals surface area (Å²) in [5, 5.41) is 4.01. The molecule has 0 atom stereocenters. The number of hydrogen-bond donors (Lipinski definition) is 2. The van der Waals surface area contributed by atoms with Gasteiger partial charge in [0.2, 0.25) is 0 Å². The minimum absolute atomic E-state index is 0.173. The summed E-state index contributed by atoms with van der Waals surface area (Å²) in [4.78, 5) is 12.9. The fourth-order valence-corrected chi connectivity index (χ4v) is 3.19. The molecule has 0 saturated heterocycles. The van der Waals surface area contributed by atoms with E-state index in [0.717, 1.165) is 40.6 Å². The number of ether oxygens (including phenoxy) is 1. The van der Waals surface area contributed by atoms with Crippen LogP contribution >= 0.6 is 0 Å². The zero-order valence-electron chi connectivity index (χ0n) is 14.6. The Morgan fingerprint density at radius 1 is 1.16 bits per heavy atom. The molecule has 0 aliphatic heterocycles. The lowest BCUT2D eigenvalue weighted by molar-refractivity contribution is 0.0942. The number of fused-ring (bicyclic) bond motifs is 1. The van der Waals surface area contributed by atoms with Crippen molar-refractivity contribution in [2.45, 2.75) is 26.3 Å². The molecule has 0 saturated carbocycles. The minimum Gasteiger partial charge on any atom is -0.496 e. The van der Waals surface area contributed by atoms with Gasteiger partial charge in [0.05, 0.1) is 12.6 Å². The van der Waals surface area contributed by atoms with Crippen molar-refractivity contribution < 1.29 is 9.53 Å². The summed E-state index contributed by atoms with van der Waals surface area (Å²) in [6, 6.07) is 15.5. The zero-order chi connectivity index (χ0) is 17.8. The number of carbonyl (C=O) groups excluding carboxylic acids is 1. The van der Waals surface area contributed by atoms with Crippen LogP contribution in [0, 0.1) is 0 Å². The zero-order valence-corrected chi connectivity index (χ0v) is 14.6. The van der Waals surface area contributed by atoms with Crippen LogP contribution in [0.2, 0.25) is 0 Å². The van der Waals surface area contributed by atoms with Crippen molar-refractivity contribution in [1.29, 1.82) is 0 Å². The Kier molecular flexibility index (Phi) is 4.93. The second kappa shape index (κ2) is 7.30. The summed E-state index contributed by atoms with van der Waals surface area (Å²) in [5.41, 5.74) is 3.32. The van der Waals surface area contributed by atoms with Gasteiger partial charge in [0, 0.05) is 17.5 Å². The van der Waals surface area contributed by atoms with Gasteiger partial charge in [0.15, 0.2) is 0 Å². The molecule has 3 N–H and O–H groups in total. The van der Waals surface area contributed by atoms with Crippen molar-refractivity contribution in [3.63, 3.8) is 0 Å². The molecular formula is C20H23N3O2. The molecular weight excluding hydrogens is 314 g/mol. The molecule has 0 fully saturated rings. The third-order valence-electron chi connectivity index (χ3n) is 4.36. The predicted molar refractivity (Wildman–Crippen MR) is 100 cm³/mol. The number of methoxy groups -OCH3 is 1. The van der Waals surface area contributed by atoms with Gasteiger partial charge in [-0.3, -0.25) is 9.47 Å². The van der Waals surface area contributed by atoms with E-state index in [1.54, 1.807) is 7.11 Å². The summed E-state index contributed by atoms with van der Waals surface area (Å²) in [7, 11) is 1.62. The smallest absolute Gasteiger partial charge is 0.270 e. The highest BCUT2D eigenvalue weighted by molar-refractivity contribution is 6.01. The van der Waals surface area contributed by atoms with Crippen LogP contribution in [0.15, 0.2) is 48.5 Å². The van der Waals surface area contributed by atoms with Crippen molar-refractivity contribution in [1.82, 2.24) is 9.99 Å². The Morgan fingerprint density at radius 3 is 2.64 bits per heavy atom. The monoisotopic (exact) mass is 337 g/mol. The highest BCUT2D eigenvalue weighted by Gasteiger charge is 2.21. The maximum absolute atomic E-state index is 12.9. The summed E-state index contributed by atoms with van der Waals surface area (Å²) >= 11 is 0. The number of nitrogens with zero attached hydrogens (tertiary/aromatic N) is 1. The first-order chi connectivity index (χ1) is 12.2. The van der Waals surface area contributed by atoms with Crippen molar-refractivity contribution >= 4 is 16.8 Å². The molecule has 130 valence electrons. The molecule has 2 aromatic carbocycles. The van der Waals surface area contributed by atoms with Crippen LogP contribution < -0.4 is 15.9 Å². The highest BCUT2D eigenvalue weighted by Crippen LogP contribution is 2.26. The van der Waals surface area contributed by atoms with E-state index in [1.165, 1.54) is 4.68 Å². The van der Waals surface area contributed by atoms with Crippen LogP contribution in [0.5, 0.6) is 5.75 Å². The number of hydrogen-bond acceptors (Lipinski definition) is 3. The first-order valence-corrected chi connectivity index (χ1v) is 8.44. The Hall–Kier alpha value is -2.95. The van der Waals surface area contributed by atoms with Gasteiger partial charge in [0.1, 0.15) is 11.4 Å². The third-order valence-corrected chi connectivity index (χ3v) is 4.36. The number of aryl methyl sites for hydroxylation is 1. The van der Waals surface area contributed by atoms with Crippen molar-refractivity contribution in [3.8, 4) is 5.75 Å². The minimum atomic E-state index is -0.173. The van der Waals surface area contributed by atoms with Crippen molar-refractivity contribution in [3.05, 3.63) is 65.4 Å². The van der Waals surface area contributed by atoms with Crippen molar-refractivity contribution in [2.75, 3.05) is 13.0 Å². The SMILES string of the molecule is CCCc1c(C(=O)NCc2ccccc2OC)n(N)c2ccccc12. The van der Waals surface area contributed by atoms with E-state index in [1.807, 2.05) is 48.5 Å². The standard InChI is InChI=1S/C20H23N3O2/c1-3-8-16-15-10-5-6-11-17(15)23(21)19(16)20(24)22-13-14-9-4-7-12-18(14)25-2/h4-7,9-12H,3,8,13,21H2,1-2H3,(H,22,24). The first-order valence-electron chi connectivity index (χ1n) is 8.44. The highest BCUT2D eigenvalue weighted by atomic mass is 16.5. The molecule has 1 heterocycles. The Labute approximate surface area is 147 Å². The van der Waals surface area contributed by atoms with E-state index >= 15 is 0 Å². The molecule has 3 aromatic rings. The number of rotatable bonds is 6. The number of amides is 1.